The van der Waals surface area contributed by atoms with Crippen LogP contribution in [0.1, 0.15) is 60.9 Å². The highest BCUT2D eigenvalue weighted by Crippen LogP contribution is 2.45. The molecule has 0 N–H and O–H groups in total. The number of likely N-dealkylation sites (N-methyl/N-ethyl adjacent to an activating group) is 1. The summed E-state index contributed by atoms with van der Waals surface area (Å²) in [6.45, 7) is 4.17. The number of pyridine rings is 1. The predicted octanol–water partition coefficient (Wildman–Crippen LogP) is 5.16. The SMILES string of the molecule is Cc1c(-c2nc3cccc(-c4nc(C5CC5)n5c4CN(C)C(=O)[C@H]5C)c3cc2C(F)F)cnn1C. The molecule has 4 heterocycles. The standard InChI is InChI=1S/C26H26F2N6O/c1-13-19(11-29-33(13)4)22-18(24(27)28)10-17-16(6-5-7-20(17)30-22)23-21-12-32(3)26(35)14(2)34(21)25(31-23)15-8-9-15/h5-7,10-11,14-15,24H,8-9,12H2,1-4H3/t14-/m1/s1. The van der Waals surface area contributed by atoms with E-state index in [1.54, 1.807) is 35.9 Å². The van der Waals surface area contributed by atoms with Crippen LogP contribution in [0, 0.1) is 6.92 Å². The van der Waals surface area contributed by atoms with E-state index < -0.39 is 6.43 Å². The first-order valence-corrected chi connectivity index (χ1v) is 11.8. The molecule has 1 saturated carbocycles. The van der Waals surface area contributed by atoms with E-state index in [1.165, 1.54) is 0 Å². The number of aromatic nitrogens is 5. The number of fused-ring (bicyclic) bond motifs is 2. The van der Waals surface area contributed by atoms with Gasteiger partial charge in [0.25, 0.3) is 6.43 Å². The Hall–Kier alpha value is -3.62. The van der Waals surface area contributed by atoms with Gasteiger partial charge in [-0.3, -0.25) is 9.48 Å². The summed E-state index contributed by atoms with van der Waals surface area (Å²) in [5.74, 6) is 1.32. The fourth-order valence-corrected chi connectivity index (χ4v) is 5.18. The Kier molecular flexibility index (Phi) is 4.81. The lowest BCUT2D eigenvalue weighted by atomic mass is 9.98. The van der Waals surface area contributed by atoms with Crippen LogP contribution in [0.2, 0.25) is 0 Å². The Labute approximate surface area is 201 Å². The van der Waals surface area contributed by atoms with E-state index in [-0.39, 0.29) is 23.2 Å². The number of aryl methyl sites for hydroxylation is 1. The summed E-state index contributed by atoms with van der Waals surface area (Å²) in [4.78, 5) is 24.2. The van der Waals surface area contributed by atoms with Gasteiger partial charge in [-0.1, -0.05) is 12.1 Å². The van der Waals surface area contributed by atoms with Crippen molar-refractivity contribution in [2.45, 2.75) is 51.6 Å². The summed E-state index contributed by atoms with van der Waals surface area (Å²) >= 11 is 0. The minimum Gasteiger partial charge on any atom is -0.338 e. The average Bonchev–Trinajstić information content (AvgIpc) is 3.54. The van der Waals surface area contributed by atoms with Gasteiger partial charge in [0, 0.05) is 47.8 Å². The lowest BCUT2D eigenvalue weighted by molar-refractivity contribution is -0.135. The summed E-state index contributed by atoms with van der Waals surface area (Å²) in [7, 11) is 3.57. The second-order valence-corrected chi connectivity index (χ2v) is 9.65. The number of carbonyl (C=O) groups excluding carboxylic acids is 1. The van der Waals surface area contributed by atoms with Crippen LogP contribution in [-0.2, 0) is 18.4 Å². The van der Waals surface area contributed by atoms with Crippen LogP contribution in [0.3, 0.4) is 0 Å². The number of benzene rings is 1. The number of amides is 1. The maximum atomic E-state index is 14.3. The number of nitrogens with zero attached hydrogens (tertiary/aromatic N) is 6. The molecule has 1 amide bonds. The third-order valence-corrected chi connectivity index (χ3v) is 7.36. The lowest BCUT2D eigenvalue weighted by Crippen LogP contribution is -2.39. The van der Waals surface area contributed by atoms with Crippen LogP contribution >= 0.6 is 0 Å². The molecule has 1 aliphatic heterocycles. The molecule has 4 aromatic rings. The Morgan fingerprint density at radius 1 is 1.09 bits per heavy atom. The largest absolute Gasteiger partial charge is 0.338 e. The van der Waals surface area contributed by atoms with Crippen LogP contribution < -0.4 is 0 Å². The second-order valence-electron chi connectivity index (χ2n) is 9.65. The van der Waals surface area contributed by atoms with E-state index in [0.29, 0.717) is 28.9 Å². The summed E-state index contributed by atoms with van der Waals surface area (Å²) in [6.07, 6.45) is 0.984. The van der Waals surface area contributed by atoms with Gasteiger partial charge < -0.3 is 9.47 Å². The van der Waals surface area contributed by atoms with Crippen molar-refractivity contribution in [1.82, 2.24) is 29.2 Å². The molecule has 1 atom stereocenters. The van der Waals surface area contributed by atoms with Crippen molar-refractivity contribution in [1.29, 1.82) is 0 Å². The molecule has 0 unspecified atom stereocenters. The average molecular weight is 477 g/mol. The first kappa shape index (κ1) is 21.9. The monoisotopic (exact) mass is 476 g/mol. The van der Waals surface area contributed by atoms with Gasteiger partial charge in [0.05, 0.1) is 35.3 Å². The Morgan fingerprint density at radius 3 is 2.51 bits per heavy atom. The van der Waals surface area contributed by atoms with Crippen LogP contribution in [0.5, 0.6) is 0 Å². The highest BCUT2D eigenvalue weighted by molar-refractivity contribution is 5.96. The Morgan fingerprint density at radius 2 is 1.86 bits per heavy atom. The highest BCUT2D eigenvalue weighted by atomic mass is 19.3. The topological polar surface area (TPSA) is 68.8 Å². The van der Waals surface area contributed by atoms with Gasteiger partial charge in [-0.15, -0.1) is 0 Å². The molecule has 180 valence electrons. The molecule has 35 heavy (non-hydrogen) atoms. The molecule has 3 aromatic heterocycles. The number of hydrogen-bond donors (Lipinski definition) is 0. The minimum absolute atomic E-state index is 0.0550. The van der Waals surface area contributed by atoms with Crippen molar-refractivity contribution in [3.8, 4) is 22.5 Å². The molecule has 2 aliphatic rings. The molecule has 6 rings (SSSR count). The summed E-state index contributed by atoms with van der Waals surface area (Å²) in [6, 6.07) is 6.84. The van der Waals surface area contributed by atoms with Gasteiger partial charge >= 0.3 is 0 Å². The number of hydrogen-bond acceptors (Lipinski definition) is 4. The Balaban J connectivity index is 1.60. The predicted molar refractivity (Wildman–Crippen MR) is 128 cm³/mol. The molecule has 1 fully saturated rings. The third-order valence-electron chi connectivity index (χ3n) is 7.36. The van der Waals surface area contributed by atoms with E-state index in [4.69, 9.17) is 9.97 Å². The quantitative estimate of drug-likeness (QED) is 0.408. The van der Waals surface area contributed by atoms with Gasteiger partial charge in [-0.25, -0.2) is 18.7 Å². The molecule has 9 heteroatoms. The number of alkyl halides is 2. The fourth-order valence-electron chi connectivity index (χ4n) is 5.18. The van der Waals surface area contributed by atoms with Crippen molar-refractivity contribution in [2.24, 2.45) is 7.05 Å². The summed E-state index contributed by atoms with van der Waals surface area (Å²) in [5, 5.41) is 4.85. The number of carbonyl (C=O) groups is 1. The lowest BCUT2D eigenvalue weighted by Gasteiger charge is -2.31. The van der Waals surface area contributed by atoms with E-state index in [2.05, 4.69) is 9.67 Å². The molecule has 7 nitrogen and oxygen atoms in total. The zero-order valence-electron chi connectivity index (χ0n) is 20.1. The normalized spacial score (nSPS) is 18.1. The van der Waals surface area contributed by atoms with E-state index in [0.717, 1.165) is 41.3 Å². The summed E-state index contributed by atoms with van der Waals surface area (Å²) < 4.78 is 32.4. The molecule has 1 aliphatic carbocycles. The zero-order chi connectivity index (χ0) is 24.6. The van der Waals surface area contributed by atoms with Crippen molar-refractivity contribution in [3.05, 3.63) is 53.2 Å². The van der Waals surface area contributed by atoms with Crippen LogP contribution in [0.4, 0.5) is 8.78 Å². The molecule has 0 bridgehead atoms. The number of rotatable bonds is 4. The maximum absolute atomic E-state index is 14.3. The van der Waals surface area contributed by atoms with Crippen molar-refractivity contribution < 1.29 is 13.6 Å². The van der Waals surface area contributed by atoms with Gasteiger partial charge in [-0.2, -0.15) is 5.10 Å². The first-order valence-electron chi connectivity index (χ1n) is 11.8. The van der Waals surface area contributed by atoms with Crippen LogP contribution in [0.25, 0.3) is 33.4 Å². The molecule has 0 radical (unpaired) electrons. The molecular weight excluding hydrogens is 450 g/mol. The zero-order valence-corrected chi connectivity index (χ0v) is 20.1. The number of imidazole rings is 1. The molecule has 0 saturated heterocycles. The highest BCUT2D eigenvalue weighted by Gasteiger charge is 2.38. The van der Waals surface area contributed by atoms with Crippen LogP contribution in [-0.4, -0.2) is 42.2 Å². The van der Waals surface area contributed by atoms with E-state index in [1.807, 2.05) is 32.0 Å². The van der Waals surface area contributed by atoms with Crippen molar-refractivity contribution in [3.63, 3.8) is 0 Å². The molecule has 0 spiro atoms. The van der Waals surface area contributed by atoms with E-state index in [9.17, 15) is 13.6 Å². The molecular formula is C26H26F2N6O. The fraction of sp³-hybridized carbons (Fsp3) is 0.385. The smallest absolute Gasteiger partial charge is 0.265 e. The van der Waals surface area contributed by atoms with Crippen molar-refractivity contribution >= 4 is 16.8 Å². The van der Waals surface area contributed by atoms with Gasteiger partial charge in [0.2, 0.25) is 5.91 Å². The Bertz CT molecular complexity index is 1500. The van der Waals surface area contributed by atoms with Gasteiger partial charge in [-0.05, 0) is 38.8 Å². The number of halogens is 2. The van der Waals surface area contributed by atoms with Gasteiger partial charge in [0.1, 0.15) is 11.9 Å². The third kappa shape index (κ3) is 3.28. The minimum atomic E-state index is -2.70. The van der Waals surface area contributed by atoms with Gasteiger partial charge in [0.15, 0.2) is 0 Å². The summed E-state index contributed by atoms with van der Waals surface area (Å²) in [5.41, 5.74) is 4.56. The van der Waals surface area contributed by atoms with Crippen molar-refractivity contribution in [2.75, 3.05) is 7.05 Å². The first-order chi connectivity index (χ1) is 16.8. The molecule has 1 aromatic carbocycles. The second kappa shape index (κ2) is 7.69. The van der Waals surface area contributed by atoms with E-state index >= 15 is 0 Å². The maximum Gasteiger partial charge on any atom is 0.265 e. The van der Waals surface area contributed by atoms with Crippen LogP contribution in [0.15, 0.2) is 30.5 Å².